The van der Waals surface area contributed by atoms with E-state index in [2.05, 4.69) is 36.2 Å². The molecule has 2 aliphatic rings. The monoisotopic (exact) mass is 410 g/mol. The van der Waals surface area contributed by atoms with Gasteiger partial charge in [0, 0.05) is 24.4 Å². The normalized spacial score (nSPS) is 19.3. The van der Waals surface area contributed by atoms with E-state index in [4.69, 9.17) is 19.4 Å². The highest BCUT2D eigenvalue weighted by molar-refractivity contribution is 7.18. The third kappa shape index (κ3) is 3.82. The average Bonchev–Trinajstić information content (AvgIpc) is 3.27. The molecule has 7 heteroatoms. The molecule has 2 aromatic heterocycles. The molecule has 4 heterocycles. The van der Waals surface area contributed by atoms with Gasteiger partial charge in [-0.25, -0.2) is 9.97 Å². The third-order valence-electron chi connectivity index (χ3n) is 5.75. The SMILES string of the molecule is Cc1sc2nc(CN3CCOCC3)nc(NCC3Cc4ccccc4O3)c2c1C. The number of nitrogens with one attached hydrogen (secondary N) is 1. The minimum atomic E-state index is 0.125. The van der Waals surface area contributed by atoms with Gasteiger partial charge in [0.2, 0.25) is 0 Å². The maximum absolute atomic E-state index is 6.10. The summed E-state index contributed by atoms with van der Waals surface area (Å²) in [7, 11) is 0. The number of nitrogens with zero attached hydrogens (tertiary/aromatic N) is 3. The first-order valence-electron chi connectivity index (χ1n) is 10.2. The second kappa shape index (κ2) is 7.89. The van der Waals surface area contributed by atoms with E-state index in [9.17, 15) is 0 Å². The Morgan fingerprint density at radius 3 is 2.83 bits per heavy atom. The Bertz CT molecular complexity index is 1000. The van der Waals surface area contributed by atoms with Gasteiger partial charge in [-0.15, -0.1) is 11.3 Å². The lowest BCUT2D eigenvalue weighted by Crippen LogP contribution is -2.36. The van der Waals surface area contributed by atoms with Gasteiger partial charge in [0.15, 0.2) is 0 Å². The number of ether oxygens (including phenoxy) is 2. The smallest absolute Gasteiger partial charge is 0.146 e. The zero-order valence-electron chi connectivity index (χ0n) is 16.9. The van der Waals surface area contributed by atoms with E-state index < -0.39 is 0 Å². The van der Waals surface area contributed by atoms with Gasteiger partial charge >= 0.3 is 0 Å². The van der Waals surface area contributed by atoms with Crippen LogP contribution in [0.25, 0.3) is 10.2 Å². The van der Waals surface area contributed by atoms with Crippen molar-refractivity contribution in [2.45, 2.75) is 32.9 Å². The predicted molar refractivity (Wildman–Crippen MR) is 116 cm³/mol. The fraction of sp³-hybridized carbons (Fsp3) is 0.455. The minimum absolute atomic E-state index is 0.125. The summed E-state index contributed by atoms with van der Waals surface area (Å²) in [4.78, 5) is 14.5. The van der Waals surface area contributed by atoms with Crippen LogP contribution in [0.15, 0.2) is 24.3 Å². The summed E-state index contributed by atoms with van der Waals surface area (Å²) in [6, 6.07) is 8.29. The summed E-state index contributed by atoms with van der Waals surface area (Å²) >= 11 is 1.75. The van der Waals surface area contributed by atoms with Crippen LogP contribution in [0.5, 0.6) is 5.75 Å². The minimum Gasteiger partial charge on any atom is -0.488 e. The quantitative estimate of drug-likeness (QED) is 0.694. The maximum Gasteiger partial charge on any atom is 0.146 e. The highest BCUT2D eigenvalue weighted by Gasteiger charge is 2.23. The highest BCUT2D eigenvalue weighted by atomic mass is 32.1. The molecule has 1 N–H and O–H groups in total. The van der Waals surface area contributed by atoms with Crippen LogP contribution in [-0.2, 0) is 17.7 Å². The maximum atomic E-state index is 6.10. The van der Waals surface area contributed by atoms with Crippen LogP contribution in [0, 0.1) is 13.8 Å². The van der Waals surface area contributed by atoms with Crippen molar-refractivity contribution in [3.63, 3.8) is 0 Å². The van der Waals surface area contributed by atoms with E-state index in [1.165, 1.54) is 16.0 Å². The topological polar surface area (TPSA) is 59.5 Å². The summed E-state index contributed by atoms with van der Waals surface area (Å²) < 4.78 is 11.6. The highest BCUT2D eigenvalue weighted by Crippen LogP contribution is 2.34. The number of morpholine rings is 1. The lowest BCUT2D eigenvalue weighted by Gasteiger charge is -2.26. The zero-order chi connectivity index (χ0) is 19.8. The fourth-order valence-electron chi connectivity index (χ4n) is 4.03. The Labute approximate surface area is 174 Å². The van der Waals surface area contributed by atoms with Crippen molar-refractivity contribution in [3.05, 3.63) is 46.1 Å². The van der Waals surface area contributed by atoms with Crippen molar-refractivity contribution in [1.29, 1.82) is 0 Å². The molecule has 2 aliphatic heterocycles. The van der Waals surface area contributed by atoms with Crippen molar-refractivity contribution in [2.75, 3.05) is 38.2 Å². The molecule has 0 spiro atoms. The second-order valence-corrected chi connectivity index (χ2v) is 8.98. The standard InChI is InChI=1S/C22H26N4O2S/c1-14-15(2)29-22-20(14)21(24-19(25-22)13-26-7-9-27-10-8-26)23-12-17-11-16-5-3-4-6-18(16)28-17/h3-6,17H,7-13H2,1-2H3,(H,23,24,25). The van der Waals surface area contributed by atoms with Gasteiger partial charge in [0.1, 0.15) is 28.3 Å². The first-order valence-corrected chi connectivity index (χ1v) is 11.0. The molecule has 152 valence electrons. The Morgan fingerprint density at radius 1 is 1.17 bits per heavy atom. The van der Waals surface area contributed by atoms with E-state index in [0.717, 1.165) is 73.4 Å². The number of aromatic nitrogens is 2. The summed E-state index contributed by atoms with van der Waals surface area (Å²) in [5.41, 5.74) is 2.55. The van der Waals surface area contributed by atoms with Crippen molar-refractivity contribution >= 4 is 27.4 Å². The first kappa shape index (κ1) is 18.8. The third-order valence-corrected chi connectivity index (χ3v) is 6.86. The summed E-state index contributed by atoms with van der Waals surface area (Å²) in [6.07, 6.45) is 1.06. The van der Waals surface area contributed by atoms with Crippen molar-refractivity contribution < 1.29 is 9.47 Å². The molecule has 0 aliphatic carbocycles. The van der Waals surface area contributed by atoms with Crippen molar-refractivity contribution in [3.8, 4) is 5.75 Å². The van der Waals surface area contributed by atoms with Gasteiger partial charge in [-0.1, -0.05) is 18.2 Å². The van der Waals surface area contributed by atoms with Gasteiger partial charge in [0.25, 0.3) is 0 Å². The van der Waals surface area contributed by atoms with Crippen LogP contribution in [0.3, 0.4) is 0 Å². The molecule has 1 unspecified atom stereocenters. The molecule has 1 saturated heterocycles. The van der Waals surface area contributed by atoms with Gasteiger partial charge in [0.05, 0.1) is 31.7 Å². The van der Waals surface area contributed by atoms with Crippen LogP contribution in [-0.4, -0.2) is 53.8 Å². The number of thiophene rings is 1. The Hall–Kier alpha value is -2.22. The molecule has 29 heavy (non-hydrogen) atoms. The lowest BCUT2D eigenvalue weighted by molar-refractivity contribution is 0.0331. The number of rotatable bonds is 5. The molecular weight excluding hydrogens is 384 g/mol. The molecule has 1 fully saturated rings. The predicted octanol–water partition coefficient (Wildman–Crippen LogP) is 3.56. The average molecular weight is 411 g/mol. The molecule has 5 rings (SSSR count). The Balaban J connectivity index is 1.38. The molecular formula is C22H26N4O2S. The van der Waals surface area contributed by atoms with Crippen molar-refractivity contribution in [1.82, 2.24) is 14.9 Å². The molecule has 0 radical (unpaired) electrons. The summed E-state index contributed by atoms with van der Waals surface area (Å²) in [5, 5.41) is 4.73. The molecule has 1 aromatic carbocycles. The molecule has 0 saturated carbocycles. The number of hydrogen-bond donors (Lipinski definition) is 1. The van der Waals surface area contributed by atoms with Gasteiger partial charge in [-0.2, -0.15) is 0 Å². The lowest BCUT2D eigenvalue weighted by atomic mass is 10.1. The number of aryl methyl sites for hydroxylation is 2. The van der Waals surface area contributed by atoms with Gasteiger partial charge in [-0.3, -0.25) is 4.90 Å². The number of anilines is 1. The Morgan fingerprint density at radius 2 is 2.00 bits per heavy atom. The van der Waals surface area contributed by atoms with E-state index in [1.807, 2.05) is 12.1 Å². The van der Waals surface area contributed by atoms with Crippen molar-refractivity contribution in [2.24, 2.45) is 0 Å². The summed E-state index contributed by atoms with van der Waals surface area (Å²) in [6.45, 7) is 9.23. The Kier molecular flexibility index (Phi) is 5.11. The van der Waals surface area contributed by atoms with E-state index in [1.54, 1.807) is 11.3 Å². The number of hydrogen-bond acceptors (Lipinski definition) is 7. The van der Waals surface area contributed by atoms with Crippen LogP contribution < -0.4 is 10.1 Å². The van der Waals surface area contributed by atoms with Crippen LogP contribution >= 0.6 is 11.3 Å². The van der Waals surface area contributed by atoms with Crippen LogP contribution in [0.4, 0.5) is 5.82 Å². The number of para-hydroxylation sites is 1. The number of benzene rings is 1. The molecule has 3 aromatic rings. The largest absolute Gasteiger partial charge is 0.488 e. The van der Waals surface area contributed by atoms with Crippen LogP contribution in [0.2, 0.25) is 0 Å². The second-order valence-electron chi connectivity index (χ2n) is 7.77. The number of fused-ring (bicyclic) bond motifs is 2. The first-order chi connectivity index (χ1) is 14.2. The van der Waals surface area contributed by atoms with E-state index in [-0.39, 0.29) is 6.10 Å². The fourth-order valence-corrected chi connectivity index (χ4v) is 5.08. The van der Waals surface area contributed by atoms with E-state index >= 15 is 0 Å². The van der Waals surface area contributed by atoms with Gasteiger partial charge in [-0.05, 0) is 31.0 Å². The molecule has 6 nitrogen and oxygen atoms in total. The van der Waals surface area contributed by atoms with Gasteiger partial charge < -0.3 is 14.8 Å². The van der Waals surface area contributed by atoms with E-state index in [0.29, 0.717) is 0 Å². The van der Waals surface area contributed by atoms with Crippen LogP contribution in [0.1, 0.15) is 21.8 Å². The zero-order valence-corrected chi connectivity index (χ0v) is 17.7. The molecule has 1 atom stereocenters. The summed E-state index contributed by atoms with van der Waals surface area (Å²) in [5.74, 6) is 2.81. The molecule has 0 bridgehead atoms. The molecule has 0 amide bonds.